The van der Waals surface area contributed by atoms with Gasteiger partial charge in [-0.15, -0.1) is 0 Å². The fourth-order valence-electron chi connectivity index (χ4n) is 1.68. The molecule has 0 bridgehead atoms. The number of benzene rings is 2. The molecule has 0 radical (unpaired) electrons. The fourth-order valence-corrected chi connectivity index (χ4v) is 2.01. The Balaban J connectivity index is 2.40. The molecule has 0 aliphatic rings. The van der Waals surface area contributed by atoms with E-state index in [1.807, 2.05) is 0 Å². The van der Waals surface area contributed by atoms with Gasteiger partial charge >= 0.3 is 5.97 Å². The van der Waals surface area contributed by atoms with Crippen LogP contribution in [-0.2, 0) is 0 Å². The molecule has 0 aliphatic carbocycles. The SMILES string of the molecule is Cc1ccc(Nc2ccc(Br)cc2F)c(C(=O)O)c1. The lowest BCUT2D eigenvalue weighted by Gasteiger charge is -2.11. The van der Waals surface area contributed by atoms with Gasteiger partial charge in [0.05, 0.1) is 16.9 Å². The van der Waals surface area contributed by atoms with Gasteiger partial charge in [-0.25, -0.2) is 9.18 Å². The molecular formula is C14H11BrFNO2. The topological polar surface area (TPSA) is 49.3 Å². The molecule has 0 saturated heterocycles. The molecule has 98 valence electrons. The molecule has 0 amide bonds. The summed E-state index contributed by atoms with van der Waals surface area (Å²) in [6.45, 7) is 1.80. The molecule has 0 atom stereocenters. The van der Waals surface area contributed by atoms with Gasteiger partial charge in [0, 0.05) is 4.47 Å². The summed E-state index contributed by atoms with van der Waals surface area (Å²) in [5.74, 6) is -1.50. The largest absolute Gasteiger partial charge is 0.478 e. The van der Waals surface area contributed by atoms with Crippen molar-refractivity contribution in [3.63, 3.8) is 0 Å². The zero-order valence-corrected chi connectivity index (χ0v) is 11.7. The average Bonchev–Trinajstić information content (AvgIpc) is 2.34. The molecular weight excluding hydrogens is 313 g/mol. The van der Waals surface area contributed by atoms with Gasteiger partial charge in [-0.2, -0.15) is 0 Å². The van der Waals surface area contributed by atoms with Crippen molar-refractivity contribution in [1.29, 1.82) is 0 Å². The third-order valence-electron chi connectivity index (χ3n) is 2.61. The number of carboxylic acid groups (broad SMARTS) is 1. The van der Waals surface area contributed by atoms with Crippen LogP contribution in [0.15, 0.2) is 40.9 Å². The highest BCUT2D eigenvalue weighted by atomic mass is 79.9. The quantitative estimate of drug-likeness (QED) is 0.883. The molecule has 2 aromatic carbocycles. The van der Waals surface area contributed by atoms with E-state index in [1.165, 1.54) is 6.07 Å². The van der Waals surface area contributed by atoms with E-state index in [0.717, 1.165) is 5.56 Å². The van der Waals surface area contributed by atoms with Crippen molar-refractivity contribution in [3.05, 3.63) is 57.8 Å². The first kappa shape index (κ1) is 13.5. The first-order valence-corrected chi connectivity index (χ1v) is 6.32. The van der Waals surface area contributed by atoms with E-state index in [-0.39, 0.29) is 11.3 Å². The van der Waals surface area contributed by atoms with Crippen molar-refractivity contribution in [2.24, 2.45) is 0 Å². The van der Waals surface area contributed by atoms with Crippen LogP contribution in [0.25, 0.3) is 0 Å². The van der Waals surface area contributed by atoms with Crippen LogP contribution in [0.5, 0.6) is 0 Å². The van der Waals surface area contributed by atoms with Crippen LogP contribution in [-0.4, -0.2) is 11.1 Å². The highest BCUT2D eigenvalue weighted by molar-refractivity contribution is 9.10. The van der Waals surface area contributed by atoms with Crippen molar-refractivity contribution >= 4 is 33.3 Å². The number of hydrogen-bond donors (Lipinski definition) is 2. The Morgan fingerprint density at radius 3 is 2.53 bits per heavy atom. The van der Waals surface area contributed by atoms with E-state index in [2.05, 4.69) is 21.2 Å². The van der Waals surface area contributed by atoms with Crippen LogP contribution in [0, 0.1) is 12.7 Å². The van der Waals surface area contributed by atoms with E-state index in [0.29, 0.717) is 10.2 Å². The summed E-state index contributed by atoms with van der Waals surface area (Å²) in [5, 5.41) is 11.9. The molecule has 0 aromatic heterocycles. The molecule has 0 unspecified atom stereocenters. The predicted molar refractivity (Wildman–Crippen MR) is 75.5 cm³/mol. The van der Waals surface area contributed by atoms with Crippen LogP contribution >= 0.6 is 15.9 Å². The number of anilines is 2. The van der Waals surface area contributed by atoms with Gasteiger partial charge in [0.1, 0.15) is 5.82 Å². The number of rotatable bonds is 3. The van der Waals surface area contributed by atoms with Gasteiger partial charge in [0.15, 0.2) is 0 Å². The first-order chi connectivity index (χ1) is 8.97. The summed E-state index contributed by atoms with van der Waals surface area (Å²) in [6.07, 6.45) is 0. The highest BCUT2D eigenvalue weighted by Gasteiger charge is 2.12. The van der Waals surface area contributed by atoms with E-state index in [4.69, 9.17) is 5.11 Å². The molecule has 0 spiro atoms. The Morgan fingerprint density at radius 1 is 1.21 bits per heavy atom. The smallest absolute Gasteiger partial charge is 0.337 e. The molecule has 3 nitrogen and oxygen atoms in total. The van der Waals surface area contributed by atoms with E-state index in [9.17, 15) is 9.18 Å². The lowest BCUT2D eigenvalue weighted by Crippen LogP contribution is -2.04. The van der Waals surface area contributed by atoms with E-state index >= 15 is 0 Å². The molecule has 0 heterocycles. The summed E-state index contributed by atoms with van der Waals surface area (Å²) in [6, 6.07) is 9.48. The highest BCUT2D eigenvalue weighted by Crippen LogP contribution is 2.26. The first-order valence-electron chi connectivity index (χ1n) is 5.53. The fraction of sp³-hybridized carbons (Fsp3) is 0.0714. The standard InChI is InChI=1S/C14H11BrFNO2/c1-8-2-4-12(10(6-8)14(18)19)17-13-5-3-9(15)7-11(13)16/h2-7,17H,1H3,(H,18,19). The lowest BCUT2D eigenvalue weighted by molar-refractivity contribution is 0.0698. The minimum absolute atomic E-state index is 0.113. The van der Waals surface area contributed by atoms with Gasteiger partial charge in [-0.3, -0.25) is 0 Å². The summed E-state index contributed by atoms with van der Waals surface area (Å²) in [7, 11) is 0. The lowest BCUT2D eigenvalue weighted by atomic mass is 10.1. The normalized spacial score (nSPS) is 10.3. The minimum Gasteiger partial charge on any atom is -0.478 e. The van der Waals surface area contributed by atoms with Crippen molar-refractivity contribution in [2.45, 2.75) is 6.92 Å². The van der Waals surface area contributed by atoms with Crippen LogP contribution in [0.2, 0.25) is 0 Å². The molecule has 2 rings (SSSR count). The zero-order valence-electron chi connectivity index (χ0n) is 10.1. The number of aryl methyl sites for hydroxylation is 1. The van der Waals surface area contributed by atoms with Gasteiger partial charge in [0.25, 0.3) is 0 Å². The van der Waals surface area contributed by atoms with Crippen LogP contribution in [0.3, 0.4) is 0 Å². The number of nitrogens with one attached hydrogen (secondary N) is 1. The molecule has 2 aromatic rings. The van der Waals surface area contributed by atoms with Crippen molar-refractivity contribution in [1.82, 2.24) is 0 Å². The van der Waals surface area contributed by atoms with Crippen molar-refractivity contribution in [3.8, 4) is 0 Å². The monoisotopic (exact) mass is 323 g/mol. The van der Waals surface area contributed by atoms with Crippen LogP contribution < -0.4 is 5.32 Å². The predicted octanol–water partition coefficient (Wildman–Crippen LogP) is 4.34. The van der Waals surface area contributed by atoms with Gasteiger partial charge in [-0.05, 0) is 37.3 Å². The Hall–Kier alpha value is -1.88. The number of hydrogen-bond acceptors (Lipinski definition) is 2. The third-order valence-corrected chi connectivity index (χ3v) is 3.10. The third kappa shape index (κ3) is 3.12. The maximum Gasteiger partial charge on any atom is 0.337 e. The summed E-state index contributed by atoms with van der Waals surface area (Å²) >= 11 is 3.17. The Morgan fingerprint density at radius 2 is 1.89 bits per heavy atom. The molecule has 5 heteroatoms. The molecule has 0 aliphatic heterocycles. The van der Waals surface area contributed by atoms with Crippen molar-refractivity contribution in [2.75, 3.05) is 5.32 Å². The van der Waals surface area contributed by atoms with Gasteiger partial charge in [-0.1, -0.05) is 27.6 Å². The molecule has 0 saturated carbocycles. The van der Waals surface area contributed by atoms with Gasteiger partial charge < -0.3 is 10.4 Å². The zero-order chi connectivity index (χ0) is 14.0. The molecule has 19 heavy (non-hydrogen) atoms. The maximum atomic E-state index is 13.7. The molecule has 2 N–H and O–H groups in total. The minimum atomic E-state index is -1.05. The van der Waals surface area contributed by atoms with Crippen LogP contribution in [0.4, 0.5) is 15.8 Å². The van der Waals surface area contributed by atoms with Crippen molar-refractivity contribution < 1.29 is 14.3 Å². The number of aromatic carboxylic acids is 1. The number of carbonyl (C=O) groups is 1. The second-order valence-electron chi connectivity index (χ2n) is 4.10. The second-order valence-corrected chi connectivity index (χ2v) is 5.02. The summed E-state index contributed by atoms with van der Waals surface area (Å²) in [5.41, 5.74) is 1.54. The Kier molecular flexibility index (Phi) is 3.85. The average molecular weight is 324 g/mol. The van der Waals surface area contributed by atoms with Gasteiger partial charge in [0.2, 0.25) is 0 Å². The number of carboxylic acids is 1. The molecule has 0 fully saturated rings. The van der Waals surface area contributed by atoms with E-state index < -0.39 is 11.8 Å². The maximum absolute atomic E-state index is 13.7. The van der Waals surface area contributed by atoms with Crippen LogP contribution in [0.1, 0.15) is 15.9 Å². The number of halogens is 2. The Labute approximate surface area is 118 Å². The summed E-state index contributed by atoms with van der Waals surface area (Å²) in [4.78, 5) is 11.2. The Bertz CT molecular complexity index is 643. The summed E-state index contributed by atoms with van der Waals surface area (Å²) < 4.78 is 14.3. The second kappa shape index (κ2) is 5.40. The van der Waals surface area contributed by atoms with E-state index in [1.54, 1.807) is 37.3 Å².